The van der Waals surface area contributed by atoms with Crippen LogP contribution < -0.4 is 4.74 Å². The lowest BCUT2D eigenvalue weighted by Crippen LogP contribution is -2.40. The summed E-state index contributed by atoms with van der Waals surface area (Å²) in [5, 5.41) is 0. The minimum atomic E-state index is -3.73. The van der Waals surface area contributed by atoms with E-state index in [-0.39, 0.29) is 48.8 Å². The summed E-state index contributed by atoms with van der Waals surface area (Å²) in [6, 6.07) is 3.81. The highest BCUT2D eigenvalue weighted by Gasteiger charge is 2.46. The van der Waals surface area contributed by atoms with E-state index < -0.39 is 53.3 Å². The molecule has 1 atom stereocenters. The SMILES string of the molecule is CCCC1CC=C(C(F)(F)OC2CCC(C(F)(F)Oc3ccc(-c4cc(F)c(F)c(F)c4)c(F)c3)CC2)CC1. The number of ether oxygens (including phenoxy) is 2. The van der Waals surface area contributed by atoms with Gasteiger partial charge in [-0.2, -0.15) is 17.6 Å². The van der Waals surface area contributed by atoms with E-state index in [9.17, 15) is 35.1 Å². The normalized spacial score (nSPS) is 22.5. The standard InChI is InChI=1S/C29H30F8O2/c1-2-3-17-4-6-19(7-5-17)28(34,35)38-21-10-8-20(9-11-21)29(36,37)39-22-12-13-23(24(30)16-22)18-14-25(31)27(33)26(32)15-18/h6,12-17,20-21H,2-5,7-11H2,1H3. The topological polar surface area (TPSA) is 18.5 Å². The number of allylic oxidation sites excluding steroid dienone is 1. The van der Waals surface area contributed by atoms with Gasteiger partial charge in [0.15, 0.2) is 17.5 Å². The molecule has 214 valence electrons. The van der Waals surface area contributed by atoms with Gasteiger partial charge < -0.3 is 9.47 Å². The molecule has 2 aliphatic carbocycles. The molecule has 4 rings (SSSR count). The van der Waals surface area contributed by atoms with Crippen LogP contribution in [0.4, 0.5) is 35.1 Å². The first-order valence-corrected chi connectivity index (χ1v) is 13.2. The number of rotatable bonds is 9. The Balaban J connectivity index is 1.34. The predicted molar refractivity (Wildman–Crippen MR) is 129 cm³/mol. The van der Waals surface area contributed by atoms with E-state index in [1.807, 2.05) is 0 Å². The molecular formula is C29H30F8O2. The predicted octanol–water partition coefficient (Wildman–Crippen LogP) is 9.58. The average Bonchev–Trinajstić information content (AvgIpc) is 2.87. The first-order valence-electron chi connectivity index (χ1n) is 13.2. The summed E-state index contributed by atoms with van der Waals surface area (Å²) < 4.78 is 124. The van der Waals surface area contributed by atoms with Crippen molar-refractivity contribution in [2.75, 3.05) is 0 Å². The minimum Gasteiger partial charge on any atom is -0.432 e. The average molecular weight is 563 g/mol. The van der Waals surface area contributed by atoms with Crippen LogP contribution in [-0.4, -0.2) is 18.3 Å². The van der Waals surface area contributed by atoms with Gasteiger partial charge in [0.25, 0.3) is 0 Å². The van der Waals surface area contributed by atoms with Crippen LogP contribution in [0, 0.1) is 35.1 Å². The fourth-order valence-electron chi connectivity index (χ4n) is 5.37. The van der Waals surface area contributed by atoms with Gasteiger partial charge in [-0.05, 0) is 80.7 Å². The van der Waals surface area contributed by atoms with Crippen LogP contribution in [0.2, 0.25) is 0 Å². The lowest BCUT2D eigenvalue weighted by molar-refractivity contribution is -0.258. The molecule has 2 aromatic rings. The van der Waals surface area contributed by atoms with Crippen LogP contribution in [0.25, 0.3) is 11.1 Å². The molecule has 0 bridgehead atoms. The molecule has 0 radical (unpaired) electrons. The van der Waals surface area contributed by atoms with Crippen molar-refractivity contribution >= 4 is 0 Å². The fourth-order valence-corrected chi connectivity index (χ4v) is 5.37. The molecule has 0 aromatic heterocycles. The van der Waals surface area contributed by atoms with Crippen LogP contribution in [0.1, 0.15) is 64.7 Å². The Kier molecular flexibility index (Phi) is 8.93. The summed E-state index contributed by atoms with van der Waals surface area (Å²) in [7, 11) is 0. The number of alkyl halides is 4. The Morgan fingerprint density at radius 1 is 0.846 bits per heavy atom. The van der Waals surface area contributed by atoms with Gasteiger partial charge in [0, 0.05) is 17.2 Å². The van der Waals surface area contributed by atoms with Gasteiger partial charge >= 0.3 is 12.2 Å². The molecule has 2 aliphatic rings. The molecule has 0 N–H and O–H groups in total. The smallest absolute Gasteiger partial charge is 0.400 e. The van der Waals surface area contributed by atoms with Crippen molar-refractivity contribution in [3.05, 3.63) is 65.2 Å². The van der Waals surface area contributed by atoms with Crippen molar-refractivity contribution in [2.45, 2.75) is 83.0 Å². The van der Waals surface area contributed by atoms with Crippen molar-refractivity contribution in [3.8, 4) is 16.9 Å². The third-order valence-electron chi connectivity index (χ3n) is 7.54. The van der Waals surface area contributed by atoms with Gasteiger partial charge in [-0.15, -0.1) is 0 Å². The molecule has 2 aromatic carbocycles. The summed E-state index contributed by atoms with van der Waals surface area (Å²) >= 11 is 0. The summed E-state index contributed by atoms with van der Waals surface area (Å²) in [6.07, 6.45) is -3.32. The lowest BCUT2D eigenvalue weighted by Gasteiger charge is -2.35. The molecule has 0 aliphatic heterocycles. The highest BCUT2D eigenvalue weighted by molar-refractivity contribution is 5.65. The van der Waals surface area contributed by atoms with Gasteiger partial charge in [0.05, 0.1) is 12.0 Å². The molecule has 0 heterocycles. The van der Waals surface area contributed by atoms with Crippen LogP contribution in [0.5, 0.6) is 5.75 Å². The molecule has 0 amide bonds. The maximum Gasteiger partial charge on any atom is 0.400 e. The zero-order valence-electron chi connectivity index (χ0n) is 21.4. The second kappa shape index (κ2) is 11.9. The number of hydrogen-bond donors (Lipinski definition) is 0. The van der Waals surface area contributed by atoms with E-state index in [4.69, 9.17) is 9.47 Å². The Bertz CT molecular complexity index is 1160. The van der Waals surface area contributed by atoms with Gasteiger partial charge in [-0.25, -0.2) is 17.6 Å². The highest BCUT2D eigenvalue weighted by atomic mass is 19.3. The van der Waals surface area contributed by atoms with E-state index >= 15 is 0 Å². The lowest BCUT2D eigenvalue weighted by atomic mass is 9.85. The van der Waals surface area contributed by atoms with Crippen molar-refractivity contribution < 1.29 is 44.6 Å². The van der Waals surface area contributed by atoms with Gasteiger partial charge in [-0.1, -0.05) is 25.8 Å². The van der Waals surface area contributed by atoms with Crippen molar-refractivity contribution in [2.24, 2.45) is 11.8 Å². The highest BCUT2D eigenvalue weighted by Crippen LogP contribution is 2.43. The molecule has 0 saturated heterocycles. The quantitative estimate of drug-likeness (QED) is 0.172. The largest absolute Gasteiger partial charge is 0.432 e. The Hall–Kier alpha value is -2.62. The number of benzene rings is 2. The van der Waals surface area contributed by atoms with Crippen LogP contribution in [0.3, 0.4) is 0 Å². The van der Waals surface area contributed by atoms with Crippen molar-refractivity contribution in [1.82, 2.24) is 0 Å². The van der Waals surface area contributed by atoms with E-state index in [0.717, 1.165) is 25.0 Å². The zero-order chi connectivity index (χ0) is 28.4. The van der Waals surface area contributed by atoms with Gasteiger partial charge in [0.2, 0.25) is 0 Å². The molecule has 10 heteroatoms. The number of hydrogen-bond acceptors (Lipinski definition) is 2. The molecule has 1 fully saturated rings. The third-order valence-corrected chi connectivity index (χ3v) is 7.54. The molecular weight excluding hydrogens is 532 g/mol. The molecule has 2 nitrogen and oxygen atoms in total. The second-order valence-corrected chi connectivity index (χ2v) is 10.3. The first kappa shape index (κ1) is 29.4. The monoisotopic (exact) mass is 562 g/mol. The van der Waals surface area contributed by atoms with Crippen molar-refractivity contribution in [3.63, 3.8) is 0 Å². The molecule has 1 unspecified atom stereocenters. The van der Waals surface area contributed by atoms with E-state index in [1.165, 1.54) is 0 Å². The van der Waals surface area contributed by atoms with Crippen LogP contribution in [0.15, 0.2) is 42.0 Å². The second-order valence-electron chi connectivity index (χ2n) is 10.3. The maximum absolute atomic E-state index is 14.9. The summed E-state index contributed by atoms with van der Waals surface area (Å²) in [6.45, 7) is 2.05. The maximum atomic E-state index is 14.9. The zero-order valence-corrected chi connectivity index (χ0v) is 21.4. The molecule has 0 spiro atoms. The fraction of sp³-hybridized carbons (Fsp3) is 0.517. The van der Waals surface area contributed by atoms with E-state index in [0.29, 0.717) is 37.0 Å². The van der Waals surface area contributed by atoms with Crippen LogP contribution in [-0.2, 0) is 4.74 Å². The van der Waals surface area contributed by atoms with Gasteiger partial charge in [-0.3, -0.25) is 0 Å². The third kappa shape index (κ3) is 6.94. The van der Waals surface area contributed by atoms with E-state index in [1.54, 1.807) is 6.08 Å². The summed E-state index contributed by atoms with van der Waals surface area (Å²) in [4.78, 5) is 0. The van der Waals surface area contributed by atoms with Gasteiger partial charge in [0.1, 0.15) is 11.6 Å². The minimum absolute atomic E-state index is 0.0139. The Morgan fingerprint density at radius 2 is 1.51 bits per heavy atom. The van der Waals surface area contributed by atoms with Crippen molar-refractivity contribution in [1.29, 1.82) is 0 Å². The Morgan fingerprint density at radius 3 is 2.08 bits per heavy atom. The summed E-state index contributed by atoms with van der Waals surface area (Å²) in [5.41, 5.74) is -0.708. The number of halogens is 8. The Labute approximate surface area is 222 Å². The van der Waals surface area contributed by atoms with E-state index in [2.05, 4.69) is 6.92 Å². The molecule has 39 heavy (non-hydrogen) atoms. The first-order chi connectivity index (χ1) is 18.4. The summed E-state index contributed by atoms with van der Waals surface area (Å²) in [5.74, 6) is -7.31. The molecule has 1 saturated carbocycles. The van der Waals surface area contributed by atoms with Crippen LogP contribution >= 0.6 is 0 Å².